The molecule has 16 heavy (non-hydrogen) atoms. The first-order valence-corrected chi connectivity index (χ1v) is 6.00. The Kier molecular flexibility index (Phi) is 2.28. The van der Waals surface area contributed by atoms with Crippen LogP contribution in [-0.4, -0.2) is 0 Å². The molecule has 0 aliphatic heterocycles. The fourth-order valence-electron chi connectivity index (χ4n) is 2.25. The fraction of sp³-hybridized carbons (Fsp3) is 0.250. The van der Waals surface area contributed by atoms with Crippen LogP contribution in [0, 0.1) is 6.92 Å². The molecule has 1 fully saturated rings. The second-order valence-electron chi connectivity index (χ2n) is 4.71. The van der Waals surface area contributed by atoms with Crippen molar-refractivity contribution in [3.05, 3.63) is 59.7 Å². The molecule has 0 atom stereocenters. The van der Waals surface area contributed by atoms with Crippen LogP contribution in [0.5, 0.6) is 0 Å². The predicted octanol–water partition coefficient (Wildman–Crippen LogP) is 4.54. The van der Waals surface area contributed by atoms with Crippen LogP contribution in [0.1, 0.15) is 29.9 Å². The smallest absolute Gasteiger partial charge is 0.0155 e. The quantitative estimate of drug-likeness (QED) is 0.679. The Bertz CT molecular complexity index is 490. The molecule has 0 N–H and O–H groups in total. The highest BCUT2D eigenvalue weighted by Crippen LogP contribution is 2.40. The van der Waals surface area contributed by atoms with Gasteiger partial charge in [0.15, 0.2) is 0 Å². The van der Waals surface area contributed by atoms with Gasteiger partial charge in [-0.25, -0.2) is 0 Å². The molecule has 0 nitrogen and oxygen atoms in total. The highest BCUT2D eigenvalue weighted by atomic mass is 14.3. The number of rotatable bonds is 2. The van der Waals surface area contributed by atoms with Crippen molar-refractivity contribution in [1.82, 2.24) is 0 Å². The minimum atomic E-state index is 0.853. The predicted molar refractivity (Wildman–Crippen MR) is 68.6 cm³/mol. The molecule has 2 aromatic rings. The fourth-order valence-corrected chi connectivity index (χ4v) is 2.25. The van der Waals surface area contributed by atoms with Gasteiger partial charge >= 0.3 is 0 Å². The van der Waals surface area contributed by atoms with Gasteiger partial charge in [-0.1, -0.05) is 48.5 Å². The van der Waals surface area contributed by atoms with E-state index in [1.54, 1.807) is 0 Å². The lowest BCUT2D eigenvalue weighted by atomic mass is 9.99. The van der Waals surface area contributed by atoms with Crippen LogP contribution in [0.25, 0.3) is 11.1 Å². The maximum absolute atomic E-state index is 2.29. The molecule has 0 spiro atoms. The van der Waals surface area contributed by atoms with Gasteiger partial charge in [-0.15, -0.1) is 0 Å². The van der Waals surface area contributed by atoms with Crippen molar-refractivity contribution < 1.29 is 0 Å². The molecule has 80 valence electrons. The van der Waals surface area contributed by atoms with E-state index in [1.807, 2.05) is 0 Å². The Hall–Kier alpha value is -1.56. The van der Waals surface area contributed by atoms with E-state index in [1.165, 1.54) is 35.1 Å². The van der Waals surface area contributed by atoms with Crippen molar-refractivity contribution >= 4 is 0 Å². The lowest BCUT2D eigenvalue weighted by Crippen LogP contribution is -1.84. The third-order valence-corrected chi connectivity index (χ3v) is 3.42. The molecule has 0 amide bonds. The molecule has 2 aromatic carbocycles. The molecule has 3 rings (SSSR count). The van der Waals surface area contributed by atoms with Gasteiger partial charge in [0.25, 0.3) is 0 Å². The highest BCUT2D eigenvalue weighted by Gasteiger charge is 2.22. The van der Waals surface area contributed by atoms with Gasteiger partial charge < -0.3 is 0 Å². The van der Waals surface area contributed by atoms with Gasteiger partial charge in [-0.3, -0.25) is 0 Å². The van der Waals surface area contributed by atoms with Gasteiger partial charge in [0, 0.05) is 0 Å². The molecule has 0 bridgehead atoms. The van der Waals surface area contributed by atoms with Crippen LogP contribution < -0.4 is 0 Å². The second kappa shape index (κ2) is 3.79. The van der Waals surface area contributed by atoms with Crippen molar-refractivity contribution in [3.63, 3.8) is 0 Å². The van der Waals surface area contributed by atoms with E-state index in [-0.39, 0.29) is 0 Å². The Morgan fingerprint density at radius 1 is 0.875 bits per heavy atom. The van der Waals surface area contributed by atoms with Crippen molar-refractivity contribution in [2.24, 2.45) is 0 Å². The summed E-state index contributed by atoms with van der Waals surface area (Å²) in [5.74, 6) is 0.853. The molecular formula is C16H16. The summed E-state index contributed by atoms with van der Waals surface area (Å²) in [4.78, 5) is 0. The third-order valence-electron chi connectivity index (χ3n) is 3.42. The second-order valence-corrected chi connectivity index (χ2v) is 4.71. The maximum Gasteiger partial charge on any atom is -0.0155 e. The Morgan fingerprint density at radius 2 is 1.56 bits per heavy atom. The topological polar surface area (TPSA) is 0 Å². The van der Waals surface area contributed by atoms with Crippen molar-refractivity contribution in [2.45, 2.75) is 25.7 Å². The van der Waals surface area contributed by atoms with Gasteiger partial charge in [-0.2, -0.15) is 0 Å². The summed E-state index contributed by atoms with van der Waals surface area (Å²) < 4.78 is 0. The summed E-state index contributed by atoms with van der Waals surface area (Å²) in [6.07, 6.45) is 2.76. The number of benzene rings is 2. The third kappa shape index (κ3) is 1.76. The zero-order valence-electron chi connectivity index (χ0n) is 9.61. The molecular weight excluding hydrogens is 192 g/mol. The van der Waals surface area contributed by atoms with Crippen molar-refractivity contribution in [1.29, 1.82) is 0 Å². The van der Waals surface area contributed by atoms with E-state index in [2.05, 4.69) is 55.5 Å². The molecule has 0 unspecified atom stereocenters. The van der Waals surface area contributed by atoms with Gasteiger partial charge in [0.1, 0.15) is 0 Å². The van der Waals surface area contributed by atoms with E-state index in [0.717, 1.165) is 5.92 Å². The summed E-state index contributed by atoms with van der Waals surface area (Å²) in [6.45, 7) is 2.17. The molecule has 1 aliphatic rings. The lowest BCUT2D eigenvalue weighted by Gasteiger charge is -2.06. The summed E-state index contributed by atoms with van der Waals surface area (Å²) in [5.41, 5.74) is 5.55. The van der Waals surface area contributed by atoms with E-state index in [9.17, 15) is 0 Å². The SMILES string of the molecule is Cc1ccccc1-c1ccc(C2CC2)cc1. The highest BCUT2D eigenvalue weighted by molar-refractivity contribution is 5.67. The van der Waals surface area contributed by atoms with E-state index in [0.29, 0.717) is 0 Å². The summed E-state index contributed by atoms with van der Waals surface area (Å²) in [7, 11) is 0. The van der Waals surface area contributed by atoms with E-state index in [4.69, 9.17) is 0 Å². The summed E-state index contributed by atoms with van der Waals surface area (Å²) in [5, 5.41) is 0. The lowest BCUT2D eigenvalue weighted by molar-refractivity contribution is 1.13. The van der Waals surface area contributed by atoms with Crippen molar-refractivity contribution in [2.75, 3.05) is 0 Å². The average Bonchev–Trinajstić information content (AvgIpc) is 3.14. The molecule has 1 aliphatic carbocycles. The van der Waals surface area contributed by atoms with Gasteiger partial charge in [0.05, 0.1) is 0 Å². The van der Waals surface area contributed by atoms with Crippen LogP contribution in [0.15, 0.2) is 48.5 Å². The molecule has 0 aromatic heterocycles. The average molecular weight is 208 g/mol. The number of aryl methyl sites for hydroxylation is 1. The van der Waals surface area contributed by atoms with Crippen LogP contribution in [0.4, 0.5) is 0 Å². The summed E-state index contributed by atoms with van der Waals surface area (Å²) in [6, 6.07) is 17.7. The minimum Gasteiger partial charge on any atom is -0.0620 e. The van der Waals surface area contributed by atoms with Crippen LogP contribution >= 0.6 is 0 Å². The Balaban J connectivity index is 1.97. The Morgan fingerprint density at radius 3 is 2.19 bits per heavy atom. The molecule has 0 saturated heterocycles. The van der Waals surface area contributed by atoms with Gasteiger partial charge in [0.2, 0.25) is 0 Å². The van der Waals surface area contributed by atoms with Crippen LogP contribution in [0.3, 0.4) is 0 Å². The van der Waals surface area contributed by atoms with E-state index >= 15 is 0 Å². The maximum atomic E-state index is 2.29. The minimum absolute atomic E-state index is 0.853. The molecule has 1 saturated carbocycles. The van der Waals surface area contributed by atoms with Gasteiger partial charge in [-0.05, 0) is 47.9 Å². The van der Waals surface area contributed by atoms with E-state index < -0.39 is 0 Å². The van der Waals surface area contributed by atoms with Crippen LogP contribution in [0.2, 0.25) is 0 Å². The summed E-state index contributed by atoms with van der Waals surface area (Å²) >= 11 is 0. The first-order chi connectivity index (χ1) is 7.84. The molecule has 0 heterocycles. The van der Waals surface area contributed by atoms with Crippen LogP contribution in [-0.2, 0) is 0 Å². The number of hydrogen-bond acceptors (Lipinski definition) is 0. The standard InChI is InChI=1S/C16H16/c1-12-4-2-3-5-16(12)15-10-8-14(9-11-15)13-6-7-13/h2-5,8-11,13H,6-7H2,1H3. The van der Waals surface area contributed by atoms with Crippen molar-refractivity contribution in [3.8, 4) is 11.1 Å². The first-order valence-electron chi connectivity index (χ1n) is 6.00. The normalized spacial score (nSPS) is 15.1. The largest absolute Gasteiger partial charge is 0.0620 e. The number of hydrogen-bond donors (Lipinski definition) is 0. The zero-order valence-corrected chi connectivity index (χ0v) is 9.61. The molecule has 0 heteroatoms. The monoisotopic (exact) mass is 208 g/mol. The molecule has 0 radical (unpaired) electrons. The zero-order chi connectivity index (χ0) is 11.0. The first kappa shape index (κ1) is 9.65. The Labute approximate surface area is 96.9 Å².